The van der Waals surface area contributed by atoms with Gasteiger partial charge in [-0.2, -0.15) is 18.7 Å². The van der Waals surface area contributed by atoms with E-state index < -0.39 is 82.2 Å². The summed E-state index contributed by atoms with van der Waals surface area (Å²) >= 11 is 0. The molecular formula is C43H32F6N10O12S. The van der Waals surface area contributed by atoms with Gasteiger partial charge >= 0.3 is 11.4 Å². The molecule has 0 spiro atoms. The maximum absolute atomic E-state index is 13.9. The number of nitro benzene ring substituents is 2. The van der Waals surface area contributed by atoms with Gasteiger partial charge in [0.2, 0.25) is 32.6 Å². The highest BCUT2D eigenvalue weighted by molar-refractivity contribution is 7.90. The van der Waals surface area contributed by atoms with Gasteiger partial charge in [0, 0.05) is 79.9 Å². The first-order chi connectivity index (χ1) is 33.9. The molecule has 3 N–H and O–H groups in total. The number of aryl methyl sites for hydroxylation is 2. The zero-order valence-corrected chi connectivity index (χ0v) is 38.1. The lowest BCUT2D eigenvalue weighted by molar-refractivity contribution is -0.387. The van der Waals surface area contributed by atoms with E-state index in [1.54, 1.807) is 0 Å². The number of sulfone groups is 1. The van der Waals surface area contributed by atoms with Crippen LogP contribution >= 0.6 is 0 Å². The second-order valence-corrected chi connectivity index (χ2v) is 16.4. The van der Waals surface area contributed by atoms with Crippen LogP contribution in [0.3, 0.4) is 0 Å². The number of pyridine rings is 2. The number of nitro groups is 2. The van der Waals surface area contributed by atoms with Gasteiger partial charge in [-0.15, -0.1) is 0 Å². The monoisotopic (exact) mass is 1030 g/mol. The number of nitrogens with two attached hydrogens (primary N) is 1. The van der Waals surface area contributed by atoms with E-state index in [0.717, 1.165) is 63.9 Å². The van der Waals surface area contributed by atoms with Crippen molar-refractivity contribution in [2.24, 2.45) is 14.1 Å². The normalized spacial score (nSPS) is 10.9. The molecule has 0 bridgehead atoms. The van der Waals surface area contributed by atoms with E-state index in [1.807, 2.05) is 0 Å². The molecule has 72 heavy (non-hydrogen) atoms. The van der Waals surface area contributed by atoms with Gasteiger partial charge in [0.05, 0.1) is 35.4 Å². The van der Waals surface area contributed by atoms with Crippen LogP contribution in [0.5, 0.6) is 34.5 Å². The Morgan fingerprint density at radius 1 is 0.611 bits per heavy atom. The Labute approximate surface area is 398 Å². The van der Waals surface area contributed by atoms with Gasteiger partial charge in [-0.25, -0.2) is 35.9 Å². The Kier molecular flexibility index (Phi) is 15.2. The first-order valence-electron chi connectivity index (χ1n) is 19.7. The van der Waals surface area contributed by atoms with Crippen LogP contribution in [0.1, 0.15) is 0 Å². The molecule has 4 aromatic carbocycles. The topological polar surface area (TPSA) is 291 Å². The quantitative estimate of drug-likeness (QED) is 0.0421. The lowest BCUT2D eigenvalue weighted by Gasteiger charge is -2.13. The third-order valence-electron chi connectivity index (χ3n) is 9.58. The Balaban J connectivity index is 0.000000195. The van der Waals surface area contributed by atoms with Crippen molar-refractivity contribution in [2.75, 3.05) is 31.5 Å². The summed E-state index contributed by atoms with van der Waals surface area (Å²) in [6.07, 6.45) is 3.48. The Morgan fingerprint density at radius 2 is 1.07 bits per heavy atom. The van der Waals surface area contributed by atoms with Crippen molar-refractivity contribution in [3.05, 3.63) is 161 Å². The van der Waals surface area contributed by atoms with Crippen molar-refractivity contribution in [1.29, 1.82) is 0 Å². The highest BCUT2D eigenvalue weighted by Gasteiger charge is 2.22. The number of benzene rings is 4. The third kappa shape index (κ3) is 11.5. The van der Waals surface area contributed by atoms with Crippen molar-refractivity contribution in [1.82, 2.24) is 29.1 Å². The van der Waals surface area contributed by atoms with Gasteiger partial charge in [-0.05, 0) is 36.4 Å². The van der Waals surface area contributed by atoms with Gasteiger partial charge in [0.1, 0.15) is 34.4 Å². The third-order valence-corrected chi connectivity index (χ3v) is 10.4. The van der Waals surface area contributed by atoms with Gasteiger partial charge < -0.3 is 30.0 Å². The highest BCUT2D eigenvalue weighted by atomic mass is 32.2. The lowest BCUT2D eigenvalue weighted by atomic mass is 10.2. The molecule has 0 atom stereocenters. The Morgan fingerprint density at radius 3 is 1.53 bits per heavy atom. The van der Waals surface area contributed by atoms with Gasteiger partial charge in [0.25, 0.3) is 11.1 Å². The van der Waals surface area contributed by atoms with E-state index in [-0.39, 0.29) is 63.1 Å². The maximum atomic E-state index is 13.9. The number of fused-ring (bicyclic) bond motifs is 2. The Hall–Kier alpha value is -9.41. The number of anilines is 3. The summed E-state index contributed by atoms with van der Waals surface area (Å²) in [5.74, 6) is -6.76. The number of methoxy groups -OCH3 is 2. The summed E-state index contributed by atoms with van der Waals surface area (Å²) in [5.41, 5.74) is 2.84. The Bertz CT molecular complexity index is 3720. The first-order valence-corrected chi connectivity index (χ1v) is 21.6. The SMILES string of the molecule is COc1cc(F)c([N+](=O)[O-])cc1N.COc1cc(F)c([N+](=O)[O-])cc1Nc1ncc2cc(Oc3ccc(F)cc3F)c(=O)n(C)c2n1.Cn1c(=O)c(Oc2ccc(F)cc2F)cc2cnc(S(C)(=O)=O)nc21. The van der Waals surface area contributed by atoms with Crippen molar-refractivity contribution in [3.8, 4) is 34.5 Å². The second kappa shape index (κ2) is 21.1. The number of rotatable bonds is 11. The van der Waals surface area contributed by atoms with Crippen LogP contribution in [0, 0.1) is 55.1 Å². The van der Waals surface area contributed by atoms with Crippen molar-refractivity contribution in [3.63, 3.8) is 0 Å². The summed E-state index contributed by atoms with van der Waals surface area (Å²) in [5, 5.41) is 24.2. The molecule has 22 nitrogen and oxygen atoms in total. The predicted molar refractivity (Wildman–Crippen MR) is 242 cm³/mol. The molecule has 4 heterocycles. The van der Waals surface area contributed by atoms with Gasteiger partial charge in [0.15, 0.2) is 34.6 Å². The van der Waals surface area contributed by atoms with E-state index in [4.69, 9.17) is 19.9 Å². The lowest BCUT2D eigenvalue weighted by Crippen LogP contribution is -2.20. The van der Waals surface area contributed by atoms with Crippen LogP contribution < -0.4 is 41.1 Å². The molecule has 0 aliphatic rings. The van der Waals surface area contributed by atoms with E-state index in [2.05, 4.69) is 30.0 Å². The number of aromatic nitrogens is 6. The summed E-state index contributed by atoms with van der Waals surface area (Å²) in [6.45, 7) is 0. The number of hydrogen-bond donors (Lipinski definition) is 2. The first kappa shape index (κ1) is 52.0. The molecule has 4 aromatic heterocycles. The van der Waals surface area contributed by atoms with Crippen LogP contribution in [0.25, 0.3) is 22.1 Å². The number of hydrogen-bond acceptors (Lipinski definition) is 18. The van der Waals surface area contributed by atoms with Crippen LogP contribution in [-0.4, -0.2) is 67.8 Å². The summed E-state index contributed by atoms with van der Waals surface area (Å²) in [4.78, 5) is 60.6. The van der Waals surface area contributed by atoms with E-state index in [1.165, 1.54) is 52.8 Å². The molecule has 0 amide bonds. The van der Waals surface area contributed by atoms with Crippen molar-refractivity contribution >= 4 is 60.6 Å². The smallest absolute Gasteiger partial charge is 0.307 e. The fourth-order valence-electron chi connectivity index (χ4n) is 6.10. The number of nitrogens with zero attached hydrogens (tertiary/aromatic N) is 8. The molecule has 0 saturated heterocycles. The van der Waals surface area contributed by atoms with Crippen molar-refractivity contribution in [2.45, 2.75) is 5.16 Å². The summed E-state index contributed by atoms with van der Waals surface area (Å²) in [6, 6.07) is 11.4. The van der Waals surface area contributed by atoms with Crippen molar-refractivity contribution < 1.29 is 63.6 Å². The van der Waals surface area contributed by atoms with E-state index >= 15 is 0 Å². The molecule has 8 aromatic rings. The number of ether oxygens (including phenoxy) is 4. The number of nitrogens with one attached hydrogen (secondary N) is 1. The minimum Gasteiger partial charge on any atom is -0.494 e. The maximum Gasteiger partial charge on any atom is 0.307 e. The van der Waals surface area contributed by atoms with Crippen LogP contribution in [0.4, 0.5) is 55.0 Å². The molecule has 0 aliphatic carbocycles. The van der Waals surface area contributed by atoms with Crippen LogP contribution in [0.2, 0.25) is 0 Å². The zero-order valence-electron chi connectivity index (χ0n) is 37.3. The summed E-state index contributed by atoms with van der Waals surface area (Å²) < 4.78 is 126. The largest absolute Gasteiger partial charge is 0.494 e. The second-order valence-electron chi connectivity index (χ2n) is 14.5. The van der Waals surface area contributed by atoms with Gasteiger partial charge in [-0.1, -0.05) is 0 Å². The molecule has 29 heteroatoms. The molecule has 0 radical (unpaired) electrons. The molecule has 374 valence electrons. The van der Waals surface area contributed by atoms with Crippen LogP contribution in [0.15, 0.2) is 99.9 Å². The molecule has 0 saturated carbocycles. The predicted octanol–water partition coefficient (Wildman–Crippen LogP) is 7.33. The van der Waals surface area contributed by atoms with Crippen LogP contribution in [-0.2, 0) is 23.9 Å². The number of nitrogen functional groups attached to an aromatic ring is 1. The zero-order chi connectivity index (χ0) is 52.9. The average Bonchev–Trinajstić information content (AvgIpc) is 3.32. The average molecular weight is 1030 g/mol. The highest BCUT2D eigenvalue weighted by Crippen LogP contribution is 2.34. The van der Waals surface area contributed by atoms with E-state index in [9.17, 15) is 64.6 Å². The fourth-order valence-corrected chi connectivity index (χ4v) is 6.60. The minimum atomic E-state index is -3.65. The molecule has 8 rings (SSSR count). The standard InChI is InChI=1S/C21H14F3N5O5.C15H11F2N3O4S.C7H7FN2O3/c1-28-19-10(5-18(20(28)30)34-16-4-3-11(22)6-13(16)24)9-25-21(27-19)26-14-8-15(29(31)32)12(23)7-17(14)33-2;1-20-13-8(7-18-15(19-13)25(2,22)23)5-12(14(20)21)24-11-4-3-9(16)6-10(11)17;1-13-7-2-4(8)6(10(11)12)3-5(7)9/h3-9H,1-2H3,(H,25,26,27);3-7H,1-2H3;2-3H,9H2,1H3. The number of halogens is 6. The van der Waals surface area contributed by atoms with E-state index in [0.29, 0.717) is 22.9 Å². The fraction of sp³-hybridized carbons (Fsp3) is 0.116. The molecular weight excluding hydrogens is 995 g/mol. The summed E-state index contributed by atoms with van der Waals surface area (Å²) in [7, 11) is 1.65. The minimum absolute atomic E-state index is 0.0201. The molecule has 0 fully saturated rings. The molecule has 0 aliphatic heterocycles. The van der Waals surface area contributed by atoms with Gasteiger partial charge in [-0.3, -0.25) is 39.0 Å². The molecule has 0 unspecified atom stereocenters.